The van der Waals surface area contributed by atoms with Gasteiger partial charge < -0.3 is 5.32 Å². The van der Waals surface area contributed by atoms with E-state index in [0.29, 0.717) is 0 Å². The third-order valence-electron chi connectivity index (χ3n) is 2.24. The first kappa shape index (κ1) is 10.9. The topological polar surface area (TPSA) is 15.3 Å². The van der Waals surface area contributed by atoms with Crippen molar-refractivity contribution < 1.29 is 0 Å². The van der Waals surface area contributed by atoms with Gasteiger partial charge in [-0.3, -0.25) is 4.90 Å². The van der Waals surface area contributed by atoms with Crippen molar-refractivity contribution in [2.75, 3.05) is 26.7 Å². The summed E-state index contributed by atoms with van der Waals surface area (Å²) < 4.78 is 0. The van der Waals surface area contributed by atoms with Gasteiger partial charge >= 0.3 is 0 Å². The van der Waals surface area contributed by atoms with Crippen LogP contribution in [-0.2, 0) is 0 Å². The summed E-state index contributed by atoms with van der Waals surface area (Å²) in [7, 11) is 2.02. The number of hydrogen-bond acceptors (Lipinski definition) is 2. The Morgan fingerprint density at radius 1 is 1.18 bits per heavy atom. The van der Waals surface area contributed by atoms with Crippen LogP contribution in [0.4, 0.5) is 0 Å². The van der Waals surface area contributed by atoms with Gasteiger partial charge in [0.1, 0.15) is 0 Å². The van der Waals surface area contributed by atoms with Crippen LogP contribution in [0.3, 0.4) is 0 Å². The van der Waals surface area contributed by atoms with Crippen LogP contribution in [-0.4, -0.2) is 37.6 Å². The molecule has 0 aliphatic heterocycles. The Bertz CT molecular complexity index is 79.6. The predicted molar refractivity (Wildman–Crippen MR) is 50.9 cm³/mol. The minimum atomic E-state index is 0.718. The molecule has 2 nitrogen and oxygen atoms in total. The summed E-state index contributed by atoms with van der Waals surface area (Å²) in [5.74, 6) is 0. The van der Waals surface area contributed by atoms with Crippen molar-refractivity contribution in [1.29, 1.82) is 0 Å². The Kier molecular flexibility index (Phi) is 6.57. The van der Waals surface area contributed by atoms with E-state index in [1.54, 1.807) is 0 Å². The van der Waals surface area contributed by atoms with E-state index >= 15 is 0 Å². The first-order valence-electron chi connectivity index (χ1n) is 4.68. The maximum atomic E-state index is 3.23. The van der Waals surface area contributed by atoms with Gasteiger partial charge in [-0.2, -0.15) is 0 Å². The molecule has 2 heteroatoms. The van der Waals surface area contributed by atoms with E-state index in [1.807, 2.05) is 7.05 Å². The molecule has 0 aromatic carbocycles. The number of hydrogen-bond donors (Lipinski definition) is 1. The molecule has 0 aromatic heterocycles. The molecular weight excluding hydrogens is 136 g/mol. The van der Waals surface area contributed by atoms with Crippen molar-refractivity contribution in [2.24, 2.45) is 0 Å². The Balaban J connectivity index is 3.76. The number of likely N-dealkylation sites (N-methyl/N-ethyl adjacent to an activating group) is 2. The fraction of sp³-hybridized carbons (Fsp3) is 1.00. The van der Waals surface area contributed by atoms with Gasteiger partial charge in [-0.25, -0.2) is 0 Å². The zero-order chi connectivity index (χ0) is 8.69. The SMILES string of the molecule is CCC(CNC)N(CC)CC. The van der Waals surface area contributed by atoms with Gasteiger partial charge in [0.25, 0.3) is 0 Å². The lowest BCUT2D eigenvalue weighted by Gasteiger charge is -2.28. The third kappa shape index (κ3) is 3.73. The lowest BCUT2D eigenvalue weighted by molar-refractivity contribution is 0.208. The lowest BCUT2D eigenvalue weighted by Crippen LogP contribution is -2.40. The maximum absolute atomic E-state index is 3.23. The smallest absolute Gasteiger partial charge is 0.0217 e. The van der Waals surface area contributed by atoms with Crippen molar-refractivity contribution in [2.45, 2.75) is 33.2 Å². The van der Waals surface area contributed by atoms with Gasteiger partial charge in [0.15, 0.2) is 0 Å². The molecule has 68 valence electrons. The number of rotatable bonds is 6. The first-order valence-corrected chi connectivity index (χ1v) is 4.68. The fourth-order valence-corrected chi connectivity index (χ4v) is 1.51. The van der Waals surface area contributed by atoms with Gasteiger partial charge in [-0.1, -0.05) is 20.8 Å². The Labute approximate surface area is 71.0 Å². The Morgan fingerprint density at radius 3 is 2.00 bits per heavy atom. The van der Waals surface area contributed by atoms with E-state index in [1.165, 1.54) is 6.42 Å². The highest BCUT2D eigenvalue weighted by atomic mass is 15.2. The standard InChI is InChI=1S/C9H22N2/c1-5-9(8-10-4)11(6-2)7-3/h9-10H,5-8H2,1-4H3. The van der Waals surface area contributed by atoms with Crippen molar-refractivity contribution in [1.82, 2.24) is 10.2 Å². The molecule has 1 unspecified atom stereocenters. The third-order valence-corrected chi connectivity index (χ3v) is 2.24. The summed E-state index contributed by atoms with van der Waals surface area (Å²) >= 11 is 0. The molecule has 11 heavy (non-hydrogen) atoms. The van der Waals surface area contributed by atoms with Crippen LogP contribution in [0, 0.1) is 0 Å². The summed E-state index contributed by atoms with van der Waals surface area (Å²) in [6.07, 6.45) is 1.24. The Hall–Kier alpha value is -0.0800. The summed E-state index contributed by atoms with van der Waals surface area (Å²) in [6, 6.07) is 0.718. The molecule has 0 aliphatic carbocycles. The van der Waals surface area contributed by atoms with E-state index < -0.39 is 0 Å². The summed E-state index contributed by atoms with van der Waals surface area (Å²) in [5.41, 5.74) is 0. The average Bonchev–Trinajstić information content (AvgIpc) is 2.05. The molecule has 0 saturated heterocycles. The molecule has 0 fully saturated rings. The summed E-state index contributed by atoms with van der Waals surface area (Å²) in [6.45, 7) is 10.1. The molecule has 0 spiro atoms. The largest absolute Gasteiger partial charge is 0.318 e. The van der Waals surface area contributed by atoms with Crippen molar-refractivity contribution >= 4 is 0 Å². The summed E-state index contributed by atoms with van der Waals surface area (Å²) in [4.78, 5) is 2.50. The van der Waals surface area contributed by atoms with Crippen LogP contribution in [0.25, 0.3) is 0 Å². The molecule has 0 amide bonds. The monoisotopic (exact) mass is 158 g/mol. The minimum Gasteiger partial charge on any atom is -0.318 e. The number of nitrogens with one attached hydrogen (secondary N) is 1. The van der Waals surface area contributed by atoms with Crippen LogP contribution in [0.2, 0.25) is 0 Å². The first-order chi connectivity index (χ1) is 5.29. The van der Waals surface area contributed by atoms with E-state index in [0.717, 1.165) is 25.7 Å². The zero-order valence-electron chi connectivity index (χ0n) is 8.35. The second-order valence-corrected chi connectivity index (χ2v) is 2.84. The van der Waals surface area contributed by atoms with E-state index in [4.69, 9.17) is 0 Å². The highest BCUT2D eigenvalue weighted by Gasteiger charge is 2.11. The zero-order valence-corrected chi connectivity index (χ0v) is 8.35. The van der Waals surface area contributed by atoms with Crippen LogP contribution >= 0.6 is 0 Å². The fourth-order valence-electron chi connectivity index (χ4n) is 1.51. The second-order valence-electron chi connectivity index (χ2n) is 2.84. The van der Waals surface area contributed by atoms with Crippen LogP contribution in [0.1, 0.15) is 27.2 Å². The lowest BCUT2D eigenvalue weighted by atomic mass is 10.2. The quantitative estimate of drug-likeness (QED) is 0.627. The molecule has 1 N–H and O–H groups in total. The van der Waals surface area contributed by atoms with Crippen LogP contribution in [0.5, 0.6) is 0 Å². The van der Waals surface area contributed by atoms with Crippen molar-refractivity contribution in [3.63, 3.8) is 0 Å². The van der Waals surface area contributed by atoms with E-state index in [2.05, 4.69) is 31.0 Å². The number of nitrogens with zero attached hydrogens (tertiary/aromatic N) is 1. The second kappa shape index (κ2) is 6.62. The van der Waals surface area contributed by atoms with Crippen LogP contribution in [0.15, 0.2) is 0 Å². The maximum Gasteiger partial charge on any atom is 0.0217 e. The molecule has 0 bridgehead atoms. The van der Waals surface area contributed by atoms with Gasteiger partial charge in [0, 0.05) is 12.6 Å². The van der Waals surface area contributed by atoms with Crippen molar-refractivity contribution in [3.8, 4) is 0 Å². The molecule has 0 saturated carbocycles. The molecule has 0 aliphatic rings. The predicted octanol–water partition coefficient (Wildman–Crippen LogP) is 1.33. The van der Waals surface area contributed by atoms with Gasteiger partial charge in [0.2, 0.25) is 0 Å². The molecule has 0 radical (unpaired) electrons. The average molecular weight is 158 g/mol. The van der Waals surface area contributed by atoms with Crippen LogP contribution < -0.4 is 5.32 Å². The van der Waals surface area contributed by atoms with Crippen molar-refractivity contribution in [3.05, 3.63) is 0 Å². The molecule has 0 aromatic rings. The highest BCUT2D eigenvalue weighted by molar-refractivity contribution is 4.69. The highest BCUT2D eigenvalue weighted by Crippen LogP contribution is 2.01. The van der Waals surface area contributed by atoms with E-state index in [9.17, 15) is 0 Å². The molecule has 0 rings (SSSR count). The van der Waals surface area contributed by atoms with Gasteiger partial charge in [-0.15, -0.1) is 0 Å². The van der Waals surface area contributed by atoms with Gasteiger partial charge in [-0.05, 0) is 26.6 Å². The molecule has 1 atom stereocenters. The van der Waals surface area contributed by atoms with E-state index in [-0.39, 0.29) is 0 Å². The summed E-state index contributed by atoms with van der Waals surface area (Å²) in [5, 5.41) is 3.23. The minimum absolute atomic E-state index is 0.718. The van der Waals surface area contributed by atoms with Gasteiger partial charge in [0.05, 0.1) is 0 Å². The Morgan fingerprint density at radius 2 is 1.73 bits per heavy atom. The molecular formula is C9H22N2. The normalized spacial score (nSPS) is 13.9. The molecule has 0 heterocycles.